The molecule has 1 aromatic heterocycles. The lowest BCUT2D eigenvalue weighted by Gasteiger charge is -2.33. The molecule has 0 unspecified atom stereocenters. The molecule has 0 aliphatic carbocycles. The fourth-order valence-corrected chi connectivity index (χ4v) is 2.59. The van der Waals surface area contributed by atoms with E-state index in [-0.39, 0.29) is 17.4 Å². The first kappa shape index (κ1) is 15.5. The lowest BCUT2D eigenvalue weighted by Crippen LogP contribution is -2.43. The molecule has 2 heterocycles. The minimum Gasteiger partial charge on any atom is -0.369 e. The largest absolute Gasteiger partial charge is 0.369 e. The fourth-order valence-electron chi connectivity index (χ4n) is 2.59. The SMILES string of the molecule is CC(C)CCNC(=O)[C@@H]1CCCN(c2cn[nH]c(=O)c2)C1. The summed E-state index contributed by atoms with van der Waals surface area (Å²) in [5.74, 6) is 0.707. The van der Waals surface area contributed by atoms with Crippen molar-refractivity contribution < 1.29 is 4.79 Å². The lowest BCUT2D eigenvalue weighted by molar-refractivity contribution is -0.125. The van der Waals surface area contributed by atoms with Gasteiger partial charge in [0.25, 0.3) is 5.56 Å². The molecule has 0 saturated carbocycles. The number of amides is 1. The summed E-state index contributed by atoms with van der Waals surface area (Å²) >= 11 is 0. The third kappa shape index (κ3) is 4.58. The van der Waals surface area contributed by atoms with Gasteiger partial charge in [0.15, 0.2) is 0 Å². The van der Waals surface area contributed by atoms with E-state index < -0.39 is 0 Å². The highest BCUT2D eigenvalue weighted by molar-refractivity contribution is 5.79. The summed E-state index contributed by atoms with van der Waals surface area (Å²) in [7, 11) is 0. The minimum absolute atomic E-state index is 0.00907. The van der Waals surface area contributed by atoms with Crippen LogP contribution in [0.2, 0.25) is 0 Å². The van der Waals surface area contributed by atoms with Crippen LogP contribution in [0.15, 0.2) is 17.1 Å². The number of hydrogen-bond acceptors (Lipinski definition) is 4. The number of hydrogen-bond donors (Lipinski definition) is 2. The minimum atomic E-state index is -0.212. The van der Waals surface area contributed by atoms with Crippen LogP contribution in [-0.4, -0.2) is 35.7 Å². The molecule has 116 valence electrons. The van der Waals surface area contributed by atoms with Crippen LogP contribution in [0.25, 0.3) is 0 Å². The van der Waals surface area contributed by atoms with Gasteiger partial charge in [-0.3, -0.25) is 9.59 Å². The van der Waals surface area contributed by atoms with Gasteiger partial charge in [-0.2, -0.15) is 5.10 Å². The van der Waals surface area contributed by atoms with Crippen LogP contribution in [0.3, 0.4) is 0 Å². The van der Waals surface area contributed by atoms with Crippen molar-refractivity contribution in [1.82, 2.24) is 15.5 Å². The average molecular weight is 292 g/mol. The molecule has 1 aliphatic rings. The summed E-state index contributed by atoms with van der Waals surface area (Å²) in [5, 5.41) is 9.21. The number of carbonyl (C=O) groups excluding carboxylic acids is 1. The number of piperidine rings is 1. The van der Waals surface area contributed by atoms with E-state index in [1.54, 1.807) is 6.20 Å². The van der Waals surface area contributed by atoms with Gasteiger partial charge < -0.3 is 10.2 Å². The van der Waals surface area contributed by atoms with Crippen molar-refractivity contribution in [2.75, 3.05) is 24.5 Å². The highest BCUT2D eigenvalue weighted by Crippen LogP contribution is 2.21. The van der Waals surface area contributed by atoms with E-state index >= 15 is 0 Å². The molecule has 0 spiro atoms. The Balaban J connectivity index is 1.91. The van der Waals surface area contributed by atoms with Gasteiger partial charge in [0.05, 0.1) is 17.8 Å². The van der Waals surface area contributed by atoms with Crippen molar-refractivity contribution in [3.8, 4) is 0 Å². The van der Waals surface area contributed by atoms with Gasteiger partial charge in [-0.15, -0.1) is 0 Å². The van der Waals surface area contributed by atoms with E-state index in [2.05, 4.69) is 34.3 Å². The molecule has 0 bridgehead atoms. The maximum absolute atomic E-state index is 12.2. The van der Waals surface area contributed by atoms with Crippen LogP contribution >= 0.6 is 0 Å². The number of nitrogens with one attached hydrogen (secondary N) is 2. The zero-order valence-corrected chi connectivity index (χ0v) is 12.8. The number of anilines is 1. The normalized spacial score (nSPS) is 18.8. The van der Waals surface area contributed by atoms with Gasteiger partial charge in [0.1, 0.15) is 0 Å². The molecular formula is C15H24N4O2. The maximum Gasteiger partial charge on any atom is 0.266 e. The molecule has 2 rings (SSSR count). The van der Waals surface area contributed by atoms with E-state index in [1.165, 1.54) is 6.07 Å². The predicted molar refractivity (Wildman–Crippen MR) is 82.3 cm³/mol. The van der Waals surface area contributed by atoms with Gasteiger partial charge in [-0.25, -0.2) is 5.10 Å². The van der Waals surface area contributed by atoms with Crippen molar-refractivity contribution in [3.63, 3.8) is 0 Å². The van der Waals surface area contributed by atoms with E-state index in [1.807, 2.05) is 0 Å². The summed E-state index contributed by atoms with van der Waals surface area (Å²) in [4.78, 5) is 25.6. The van der Waals surface area contributed by atoms with Gasteiger partial charge in [-0.1, -0.05) is 13.8 Å². The van der Waals surface area contributed by atoms with Gasteiger partial charge >= 0.3 is 0 Å². The molecule has 1 amide bonds. The van der Waals surface area contributed by atoms with E-state index in [0.717, 1.165) is 38.0 Å². The summed E-state index contributed by atoms with van der Waals surface area (Å²) < 4.78 is 0. The summed E-state index contributed by atoms with van der Waals surface area (Å²) in [6.45, 7) is 6.54. The van der Waals surface area contributed by atoms with Crippen LogP contribution in [0.4, 0.5) is 5.69 Å². The Morgan fingerprint density at radius 1 is 1.57 bits per heavy atom. The monoisotopic (exact) mass is 292 g/mol. The molecule has 21 heavy (non-hydrogen) atoms. The fraction of sp³-hybridized carbons (Fsp3) is 0.667. The second kappa shape index (κ2) is 7.24. The molecule has 6 nitrogen and oxygen atoms in total. The van der Waals surface area contributed by atoms with Crippen molar-refractivity contribution in [2.45, 2.75) is 33.1 Å². The number of aromatic nitrogens is 2. The molecule has 6 heteroatoms. The van der Waals surface area contributed by atoms with Crippen LogP contribution in [0.5, 0.6) is 0 Å². The van der Waals surface area contributed by atoms with Crippen molar-refractivity contribution >= 4 is 11.6 Å². The van der Waals surface area contributed by atoms with Gasteiger partial charge in [0.2, 0.25) is 5.91 Å². The molecular weight excluding hydrogens is 268 g/mol. The number of carbonyl (C=O) groups is 1. The Morgan fingerprint density at radius 3 is 3.10 bits per heavy atom. The smallest absolute Gasteiger partial charge is 0.266 e. The molecule has 1 atom stereocenters. The summed E-state index contributed by atoms with van der Waals surface area (Å²) in [6.07, 6.45) is 4.50. The Bertz CT molecular complexity index is 526. The van der Waals surface area contributed by atoms with Crippen LogP contribution in [0.1, 0.15) is 33.1 Å². The standard InChI is InChI=1S/C15H24N4O2/c1-11(2)5-6-16-15(21)12-4-3-7-19(10-12)13-8-14(20)18-17-9-13/h8-9,11-12H,3-7,10H2,1-2H3,(H,16,21)(H,18,20)/t12-/m1/s1. The molecule has 0 radical (unpaired) electrons. The third-order valence-electron chi connectivity index (χ3n) is 3.83. The van der Waals surface area contributed by atoms with Gasteiger partial charge in [0, 0.05) is 25.7 Å². The lowest BCUT2D eigenvalue weighted by atomic mass is 9.96. The van der Waals surface area contributed by atoms with Gasteiger partial charge in [-0.05, 0) is 25.2 Å². The zero-order valence-electron chi connectivity index (χ0n) is 12.8. The van der Waals surface area contributed by atoms with Crippen molar-refractivity contribution in [3.05, 3.63) is 22.6 Å². The highest BCUT2D eigenvalue weighted by atomic mass is 16.2. The molecule has 2 N–H and O–H groups in total. The predicted octanol–water partition coefficient (Wildman–Crippen LogP) is 1.15. The van der Waals surface area contributed by atoms with Crippen molar-refractivity contribution in [1.29, 1.82) is 0 Å². The summed E-state index contributed by atoms with van der Waals surface area (Å²) in [6, 6.07) is 1.53. The van der Waals surface area contributed by atoms with E-state index in [9.17, 15) is 9.59 Å². The van der Waals surface area contributed by atoms with Crippen LogP contribution < -0.4 is 15.8 Å². The Kier molecular flexibility index (Phi) is 5.36. The average Bonchev–Trinajstić information content (AvgIpc) is 2.47. The maximum atomic E-state index is 12.2. The number of aromatic amines is 1. The first-order valence-corrected chi connectivity index (χ1v) is 7.63. The second-order valence-electron chi connectivity index (χ2n) is 6.06. The second-order valence-corrected chi connectivity index (χ2v) is 6.06. The number of rotatable bonds is 5. The molecule has 0 aromatic carbocycles. The molecule has 1 fully saturated rings. The van der Waals surface area contributed by atoms with E-state index in [0.29, 0.717) is 12.5 Å². The summed E-state index contributed by atoms with van der Waals surface area (Å²) in [5.41, 5.74) is 0.578. The molecule has 1 aromatic rings. The Hall–Kier alpha value is -1.85. The quantitative estimate of drug-likeness (QED) is 0.853. The third-order valence-corrected chi connectivity index (χ3v) is 3.83. The van der Waals surface area contributed by atoms with Crippen molar-refractivity contribution in [2.24, 2.45) is 11.8 Å². The van der Waals surface area contributed by atoms with Crippen LogP contribution in [0, 0.1) is 11.8 Å². The first-order valence-electron chi connectivity index (χ1n) is 7.63. The van der Waals surface area contributed by atoms with Crippen LogP contribution in [-0.2, 0) is 4.79 Å². The van der Waals surface area contributed by atoms with E-state index in [4.69, 9.17) is 0 Å². The zero-order chi connectivity index (χ0) is 15.2. The Morgan fingerprint density at radius 2 is 2.38 bits per heavy atom. The molecule has 1 aliphatic heterocycles. The number of H-pyrrole nitrogens is 1. The highest BCUT2D eigenvalue weighted by Gasteiger charge is 2.26. The Labute approximate surface area is 124 Å². The molecule has 1 saturated heterocycles. The number of nitrogens with zero attached hydrogens (tertiary/aromatic N) is 2. The first-order chi connectivity index (χ1) is 10.1. The topological polar surface area (TPSA) is 78.1 Å².